The molecule has 114 valence electrons. The maximum Gasteiger partial charge on any atom is 0.147 e. The van der Waals surface area contributed by atoms with Gasteiger partial charge in [-0.15, -0.1) is 0 Å². The Bertz CT molecular complexity index is 435. The third kappa shape index (κ3) is 5.00. The fourth-order valence-corrected chi connectivity index (χ4v) is 2.33. The molecule has 1 heterocycles. The Morgan fingerprint density at radius 3 is 2.30 bits per heavy atom. The summed E-state index contributed by atoms with van der Waals surface area (Å²) in [5.74, 6) is 1.80. The van der Waals surface area contributed by atoms with E-state index in [0.29, 0.717) is 27.6 Å². The number of rotatable bonds is 7. The Morgan fingerprint density at radius 2 is 1.80 bits per heavy atom. The number of aromatic nitrogens is 1. The standard InChI is InChI=1S/C14H24Cl2N4/c1-6-17-13-10(15)7-11(16)14(19-13)18-12(9(2)3)8-20(4)5/h7,9,12H,6,8H2,1-5H3,(H2,17,18,19). The smallest absolute Gasteiger partial charge is 0.147 e. The fraction of sp³-hybridized carbons (Fsp3) is 0.643. The van der Waals surface area contributed by atoms with E-state index in [2.05, 4.69) is 48.5 Å². The number of hydrogen-bond donors (Lipinski definition) is 2. The Balaban J connectivity index is 2.96. The molecule has 0 aliphatic heterocycles. The monoisotopic (exact) mass is 318 g/mol. The molecule has 0 spiro atoms. The minimum Gasteiger partial charge on any atom is -0.369 e. The lowest BCUT2D eigenvalue weighted by Gasteiger charge is -2.26. The van der Waals surface area contributed by atoms with Gasteiger partial charge in [-0.3, -0.25) is 0 Å². The highest BCUT2D eigenvalue weighted by Gasteiger charge is 2.17. The van der Waals surface area contributed by atoms with Gasteiger partial charge >= 0.3 is 0 Å². The van der Waals surface area contributed by atoms with Gasteiger partial charge in [0.05, 0.1) is 10.0 Å². The Hall–Kier alpha value is -0.710. The van der Waals surface area contributed by atoms with Gasteiger partial charge in [0.25, 0.3) is 0 Å². The van der Waals surface area contributed by atoms with Crippen molar-refractivity contribution in [2.75, 3.05) is 37.8 Å². The second-order valence-corrected chi connectivity index (χ2v) is 6.25. The lowest BCUT2D eigenvalue weighted by atomic mass is 10.0. The molecular formula is C14H24Cl2N4. The zero-order chi connectivity index (χ0) is 15.3. The summed E-state index contributed by atoms with van der Waals surface area (Å²) in [6.45, 7) is 8.03. The van der Waals surface area contributed by atoms with E-state index in [0.717, 1.165) is 13.1 Å². The molecule has 20 heavy (non-hydrogen) atoms. The molecule has 0 fully saturated rings. The predicted octanol–water partition coefficient (Wildman–Crippen LogP) is 3.82. The van der Waals surface area contributed by atoms with Gasteiger partial charge in [-0.2, -0.15) is 0 Å². The van der Waals surface area contributed by atoms with Crippen molar-refractivity contribution in [1.29, 1.82) is 0 Å². The molecule has 0 saturated carbocycles. The van der Waals surface area contributed by atoms with E-state index in [1.54, 1.807) is 6.07 Å². The maximum absolute atomic E-state index is 6.24. The molecule has 0 aliphatic carbocycles. The van der Waals surface area contributed by atoms with Crippen LogP contribution in [-0.2, 0) is 0 Å². The first-order chi connectivity index (χ1) is 9.35. The van der Waals surface area contributed by atoms with Crippen LogP contribution in [0.2, 0.25) is 10.0 Å². The molecule has 1 aromatic heterocycles. The van der Waals surface area contributed by atoms with Crippen LogP contribution in [0.4, 0.5) is 11.6 Å². The lowest BCUT2D eigenvalue weighted by Crippen LogP contribution is -2.36. The molecule has 0 aromatic carbocycles. The summed E-state index contributed by atoms with van der Waals surface area (Å²) in [6.07, 6.45) is 0. The second-order valence-electron chi connectivity index (χ2n) is 5.44. The quantitative estimate of drug-likeness (QED) is 0.801. The van der Waals surface area contributed by atoms with Crippen LogP contribution in [0.15, 0.2) is 6.07 Å². The van der Waals surface area contributed by atoms with Crippen LogP contribution in [0.3, 0.4) is 0 Å². The Morgan fingerprint density at radius 1 is 1.20 bits per heavy atom. The third-order valence-corrected chi connectivity index (χ3v) is 3.54. The Kier molecular flexibility index (Phi) is 6.86. The highest BCUT2D eigenvalue weighted by Crippen LogP contribution is 2.30. The number of nitrogens with zero attached hydrogens (tertiary/aromatic N) is 2. The number of anilines is 2. The van der Waals surface area contributed by atoms with E-state index in [9.17, 15) is 0 Å². The lowest BCUT2D eigenvalue weighted by molar-refractivity contribution is 0.344. The zero-order valence-corrected chi connectivity index (χ0v) is 14.3. The van der Waals surface area contributed by atoms with E-state index in [4.69, 9.17) is 23.2 Å². The first kappa shape index (κ1) is 17.3. The first-order valence-electron chi connectivity index (χ1n) is 6.86. The molecule has 0 bridgehead atoms. The number of hydrogen-bond acceptors (Lipinski definition) is 4. The molecule has 0 saturated heterocycles. The average Bonchev–Trinajstić information content (AvgIpc) is 2.33. The number of pyridine rings is 1. The number of halogens is 2. The SMILES string of the molecule is CCNc1nc(NC(CN(C)C)C(C)C)c(Cl)cc1Cl. The molecule has 0 aliphatic rings. The summed E-state index contributed by atoms with van der Waals surface area (Å²) in [4.78, 5) is 6.63. The van der Waals surface area contributed by atoms with Crippen molar-refractivity contribution in [2.24, 2.45) is 5.92 Å². The van der Waals surface area contributed by atoms with Crippen molar-refractivity contribution < 1.29 is 0 Å². The third-order valence-electron chi connectivity index (χ3n) is 2.96. The van der Waals surface area contributed by atoms with Gasteiger partial charge < -0.3 is 15.5 Å². The van der Waals surface area contributed by atoms with E-state index in [-0.39, 0.29) is 6.04 Å². The van der Waals surface area contributed by atoms with Crippen LogP contribution in [0.25, 0.3) is 0 Å². The van der Waals surface area contributed by atoms with Gasteiger partial charge in [0.2, 0.25) is 0 Å². The Labute approximate surface area is 131 Å². The summed E-state index contributed by atoms with van der Waals surface area (Å²) < 4.78 is 0. The molecular weight excluding hydrogens is 295 g/mol. The summed E-state index contributed by atoms with van der Waals surface area (Å²) in [7, 11) is 4.11. The van der Waals surface area contributed by atoms with Crippen LogP contribution in [0, 0.1) is 5.92 Å². The molecule has 4 nitrogen and oxygen atoms in total. The van der Waals surface area contributed by atoms with Gasteiger partial charge in [0.1, 0.15) is 11.6 Å². The minimum absolute atomic E-state index is 0.269. The van der Waals surface area contributed by atoms with Crippen molar-refractivity contribution in [3.63, 3.8) is 0 Å². The second kappa shape index (κ2) is 7.91. The van der Waals surface area contributed by atoms with Crippen molar-refractivity contribution in [3.8, 4) is 0 Å². The summed E-state index contributed by atoms with van der Waals surface area (Å²) in [5, 5.41) is 7.64. The zero-order valence-electron chi connectivity index (χ0n) is 12.8. The molecule has 1 unspecified atom stereocenters. The first-order valence-corrected chi connectivity index (χ1v) is 7.61. The predicted molar refractivity (Wildman–Crippen MR) is 89.2 cm³/mol. The molecule has 1 aromatic rings. The van der Waals surface area contributed by atoms with Gasteiger partial charge in [-0.25, -0.2) is 4.98 Å². The average molecular weight is 319 g/mol. The molecule has 6 heteroatoms. The fourth-order valence-electron chi connectivity index (χ4n) is 1.85. The normalized spacial score (nSPS) is 12.8. The van der Waals surface area contributed by atoms with Crippen molar-refractivity contribution >= 4 is 34.8 Å². The summed E-state index contributed by atoms with van der Waals surface area (Å²) >= 11 is 12.4. The van der Waals surface area contributed by atoms with E-state index in [1.807, 2.05) is 6.92 Å². The van der Waals surface area contributed by atoms with E-state index >= 15 is 0 Å². The number of likely N-dealkylation sites (N-methyl/N-ethyl adjacent to an activating group) is 1. The van der Waals surface area contributed by atoms with Crippen LogP contribution in [0.5, 0.6) is 0 Å². The summed E-state index contributed by atoms with van der Waals surface area (Å²) in [5.41, 5.74) is 0. The van der Waals surface area contributed by atoms with Gasteiger partial charge in [0.15, 0.2) is 0 Å². The van der Waals surface area contributed by atoms with Gasteiger partial charge in [-0.05, 0) is 33.0 Å². The van der Waals surface area contributed by atoms with Gasteiger partial charge in [-0.1, -0.05) is 37.0 Å². The largest absolute Gasteiger partial charge is 0.369 e. The van der Waals surface area contributed by atoms with Crippen molar-refractivity contribution in [3.05, 3.63) is 16.1 Å². The van der Waals surface area contributed by atoms with Crippen LogP contribution in [0.1, 0.15) is 20.8 Å². The molecule has 1 atom stereocenters. The highest BCUT2D eigenvalue weighted by molar-refractivity contribution is 6.37. The molecule has 0 radical (unpaired) electrons. The van der Waals surface area contributed by atoms with Crippen molar-refractivity contribution in [1.82, 2.24) is 9.88 Å². The highest BCUT2D eigenvalue weighted by atomic mass is 35.5. The van der Waals surface area contributed by atoms with Crippen LogP contribution in [-0.4, -0.2) is 43.1 Å². The molecule has 1 rings (SSSR count). The molecule has 0 amide bonds. The topological polar surface area (TPSA) is 40.2 Å². The molecule has 2 N–H and O–H groups in total. The number of nitrogens with one attached hydrogen (secondary N) is 2. The summed E-state index contributed by atoms with van der Waals surface area (Å²) in [6, 6.07) is 1.99. The maximum atomic E-state index is 6.24. The van der Waals surface area contributed by atoms with Gasteiger partial charge in [0, 0.05) is 19.1 Å². The van der Waals surface area contributed by atoms with Crippen molar-refractivity contribution in [2.45, 2.75) is 26.8 Å². The van der Waals surface area contributed by atoms with E-state index < -0.39 is 0 Å². The van der Waals surface area contributed by atoms with Crippen LogP contribution >= 0.6 is 23.2 Å². The van der Waals surface area contributed by atoms with E-state index in [1.165, 1.54) is 0 Å². The minimum atomic E-state index is 0.269. The van der Waals surface area contributed by atoms with Crippen LogP contribution < -0.4 is 10.6 Å².